The number of hydrogen-bond acceptors (Lipinski definition) is 2. The number of fused-ring (bicyclic) bond motifs is 6. The molecule has 0 aliphatic rings. The van der Waals surface area contributed by atoms with E-state index in [0.29, 0.717) is 0 Å². The summed E-state index contributed by atoms with van der Waals surface area (Å²) >= 11 is 0. The van der Waals surface area contributed by atoms with Crippen LogP contribution in [0.1, 0.15) is 0 Å². The van der Waals surface area contributed by atoms with Gasteiger partial charge in [-0.3, -0.25) is 0 Å². The molecular weight excluding hydrogens is 837 g/mol. The molecule has 0 unspecified atom stereocenters. The molecule has 13 rings (SSSR count). The van der Waals surface area contributed by atoms with Crippen molar-refractivity contribution in [1.29, 1.82) is 0 Å². The monoisotopic (exact) mass is 880 g/mol. The maximum atomic E-state index is 6.54. The summed E-state index contributed by atoms with van der Waals surface area (Å²) in [5.41, 5.74) is 20.0. The number of anilines is 3. The summed E-state index contributed by atoms with van der Waals surface area (Å²) in [7, 11) is 0. The fourth-order valence-corrected chi connectivity index (χ4v) is 10.4. The second kappa shape index (κ2) is 16.9. The maximum Gasteiger partial charge on any atom is 0.143 e. The average molecular weight is 881 g/mol. The predicted octanol–water partition coefficient (Wildman–Crippen LogP) is 18.5. The molecule has 0 spiro atoms. The number of benzene rings is 11. The van der Waals surface area contributed by atoms with Crippen LogP contribution < -0.4 is 4.90 Å². The van der Waals surface area contributed by atoms with Gasteiger partial charge < -0.3 is 13.9 Å². The number of para-hydroxylation sites is 6. The molecule has 11 aromatic carbocycles. The number of rotatable bonds is 9. The molecule has 2 heterocycles. The molecule has 3 heteroatoms. The molecule has 2 aromatic heterocycles. The molecule has 0 aliphatic carbocycles. The highest BCUT2D eigenvalue weighted by molar-refractivity contribution is 6.11. The molecule has 0 aliphatic heterocycles. The molecular formula is C66H44N2O. The van der Waals surface area contributed by atoms with Gasteiger partial charge in [0.25, 0.3) is 0 Å². The molecule has 0 radical (unpaired) electrons. The summed E-state index contributed by atoms with van der Waals surface area (Å²) in [6, 6.07) is 96.0. The molecule has 0 amide bonds. The van der Waals surface area contributed by atoms with Gasteiger partial charge in [0.2, 0.25) is 0 Å². The molecule has 0 bridgehead atoms. The van der Waals surface area contributed by atoms with Crippen LogP contribution in [0.4, 0.5) is 17.1 Å². The van der Waals surface area contributed by atoms with Crippen molar-refractivity contribution in [2.24, 2.45) is 0 Å². The van der Waals surface area contributed by atoms with Crippen molar-refractivity contribution in [3.63, 3.8) is 0 Å². The standard InChI is InChI=1S/C66H44N2O/c1-2-17-45(18-3-1)46-33-35-48(36-34-46)53-20-6-11-28-61(53)67(50-41-37-47(38-42-50)52-19-4-5-22-55(52)59-26-16-27-60-58-25-10-15-32-65(58)69-66(59)60)51-43-39-49(40-44-51)54-21-7-12-29-62(54)68-63-30-13-8-23-56(63)57-24-9-14-31-64(57)68/h1-44H. The van der Waals surface area contributed by atoms with Gasteiger partial charge in [-0.25, -0.2) is 0 Å². The molecule has 3 nitrogen and oxygen atoms in total. The van der Waals surface area contributed by atoms with E-state index in [4.69, 9.17) is 4.42 Å². The van der Waals surface area contributed by atoms with Gasteiger partial charge in [0.15, 0.2) is 0 Å². The van der Waals surface area contributed by atoms with E-state index in [9.17, 15) is 0 Å². The van der Waals surface area contributed by atoms with Crippen molar-refractivity contribution in [2.45, 2.75) is 0 Å². The molecule has 0 N–H and O–H groups in total. The Balaban J connectivity index is 0.926. The highest BCUT2D eigenvalue weighted by Crippen LogP contribution is 2.45. The third kappa shape index (κ3) is 6.99. The molecule has 0 saturated heterocycles. The van der Waals surface area contributed by atoms with Crippen LogP contribution in [0.15, 0.2) is 271 Å². The van der Waals surface area contributed by atoms with E-state index >= 15 is 0 Å². The normalized spacial score (nSPS) is 11.5. The van der Waals surface area contributed by atoms with E-state index in [0.717, 1.165) is 83.6 Å². The first-order valence-corrected chi connectivity index (χ1v) is 23.6. The van der Waals surface area contributed by atoms with Crippen LogP contribution >= 0.6 is 0 Å². The second-order valence-corrected chi connectivity index (χ2v) is 17.6. The lowest BCUT2D eigenvalue weighted by molar-refractivity contribution is 0.670. The Morgan fingerprint density at radius 1 is 0.275 bits per heavy atom. The Morgan fingerprint density at radius 3 is 1.42 bits per heavy atom. The number of hydrogen-bond donors (Lipinski definition) is 0. The number of aromatic nitrogens is 1. The first-order chi connectivity index (χ1) is 34.2. The zero-order chi connectivity index (χ0) is 45.7. The summed E-state index contributed by atoms with van der Waals surface area (Å²) in [5, 5.41) is 4.75. The smallest absolute Gasteiger partial charge is 0.143 e. The molecule has 0 atom stereocenters. The van der Waals surface area contributed by atoms with E-state index in [1.165, 1.54) is 38.5 Å². The summed E-state index contributed by atoms with van der Waals surface area (Å²) < 4.78 is 8.96. The van der Waals surface area contributed by atoms with Gasteiger partial charge in [0.1, 0.15) is 11.2 Å². The van der Waals surface area contributed by atoms with E-state index in [1.807, 2.05) is 12.1 Å². The van der Waals surface area contributed by atoms with E-state index < -0.39 is 0 Å². The van der Waals surface area contributed by atoms with Crippen molar-refractivity contribution in [1.82, 2.24) is 4.57 Å². The van der Waals surface area contributed by atoms with Crippen molar-refractivity contribution in [2.75, 3.05) is 4.90 Å². The highest BCUT2D eigenvalue weighted by atomic mass is 16.3. The van der Waals surface area contributed by atoms with Crippen molar-refractivity contribution in [3.05, 3.63) is 267 Å². The first-order valence-electron chi connectivity index (χ1n) is 23.6. The predicted molar refractivity (Wildman–Crippen MR) is 290 cm³/mol. The SMILES string of the molecule is c1ccc(-c2ccc(-c3ccccc3N(c3ccc(-c4ccccc4-c4cccc5c4oc4ccccc45)cc3)c3ccc(-c4ccccc4-n4c5ccccc5c5ccccc54)cc3)cc2)cc1. The Bertz CT molecular complexity index is 3940. The lowest BCUT2D eigenvalue weighted by Crippen LogP contribution is -2.11. The van der Waals surface area contributed by atoms with Crippen LogP contribution in [0.25, 0.3) is 105 Å². The van der Waals surface area contributed by atoms with Crippen molar-refractivity contribution >= 4 is 60.8 Å². The average Bonchev–Trinajstić information content (AvgIpc) is 3.98. The minimum Gasteiger partial charge on any atom is -0.455 e. The van der Waals surface area contributed by atoms with Gasteiger partial charge >= 0.3 is 0 Å². The van der Waals surface area contributed by atoms with Gasteiger partial charge in [0, 0.05) is 49.6 Å². The van der Waals surface area contributed by atoms with Crippen LogP contribution in [-0.4, -0.2) is 4.57 Å². The van der Waals surface area contributed by atoms with Gasteiger partial charge in [0.05, 0.1) is 22.4 Å². The van der Waals surface area contributed by atoms with Crippen LogP contribution in [0.5, 0.6) is 0 Å². The van der Waals surface area contributed by atoms with E-state index in [-0.39, 0.29) is 0 Å². The van der Waals surface area contributed by atoms with Crippen LogP contribution in [0.3, 0.4) is 0 Å². The first kappa shape index (κ1) is 40.1. The minimum absolute atomic E-state index is 0.898. The third-order valence-electron chi connectivity index (χ3n) is 13.7. The highest BCUT2D eigenvalue weighted by Gasteiger charge is 2.21. The number of nitrogens with zero attached hydrogens (tertiary/aromatic N) is 2. The third-order valence-corrected chi connectivity index (χ3v) is 13.7. The zero-order valence-electron chi connectivity index (χ0n) is 37.7. The molecule has 69 heavy (non-hydrogen) atoms. The molecule has 0 saturated carbocycles. The minimum atomic E-state index is 0.898. The largest absolute Gasteiger partial charge is 0.455 e. The molecule has 0 fully saturated rings. The summed E-state index contributed by atoms with van der Waals surface area (Å²) in [6.07, 6.45) is 0. The Morgan fingerprint density at radius 2 is 0.725 bits per heavy atom. The lowest BCUT2D eigenvalue weighted by atomic mass is 9.93. The fourth-order valence-electron chi connectivity index (χ4n) is 10.4. The van der Waals surface area contributed by atoms with E-state index in [1.54, 1.807) is 0 Å². The van der Waals surface area contributed by atoms with Gasteiger partial charge in [-0.2, -0.15) is 0 Å². The van der Waals surface area contributed by atoms with Gasteiger partial charge in [-0.1, -0.05) is 212 Å². The van der Waals surface area contributed by atoms with Crippen LogP contribution in [0.2, 0.25) is 0 Å². The molecule has 324 valence electrons. The van der Waals surface area contributed by atoms with Gasteiger partial charge in [-0.05, 0) is 93.5 Å². The summed E-state index contributed by atoms with van der Waals surface area (Å²) in [5.74, 6) is 0. The Labute approximate surface area is 401 Å². The topological polar surface area (TPSA) is 21.3 Å². The summed E-state index contributed by atoms with van der Waals surface area (Å²) in [6.45, 7) is 0. The zero-order valence-corrected chi connectivity index (χ0v) is 37.7. The van der Waals surface area contributed by atoms with Gasteiger partial charge in [-0.15, -0.1) is 0 Å². The number of furan rings is 1. The maximum absolute atomic E-state index is 6.54. The van der Waals surface area contributed by atoms with E-state index in [2.05, 4.69) is 264 Å². The quantitative estimate of drug-likeness (QED) is 0.144. The van der Waals surface area contributed by atoms with Crippen LogP contribution in [0, 0.1) is 0 Å². The van der Waals surface area contributed by atoms with Crippen molar-refractivity contribution < 1.29 is 4.42 Å². The Kier molecular flexibility index (Phi) is 9.84. The Hall–Kier alpha value is -9.18. The summed E-state index contributed by atoms with van der Waals surface area (Å²) in [4.78, 5) is 2.40. The lowest BCUT2D eigenvalue weighted by Gasteiger charge is -2.28. The fraction of sp³-hybridized carbons (Fsp3) is 0. The van der Waals surface area contributed by atoms with Crippen LogP contribution in [-0.2, 0) is 0 Å². The molecule has 13 aromatic rings. The van der Waals surface area contributed by atoms with Crippen molar-refractivity contribution in [3.8, 4) is 61.3 Å². The second-order valence-electron chi connectivity index (χ2n) is 17.6.